The molecule has 1 aromatic carbocycles. The van der Waals surface area contributed by atoms with Crippen molar-refractivity contribution in [2.75, 3.05) is 13.2 Å². The van der Waals surface area contributed by atoms with E-state index >= 15 is 0 Å². The number of benzene rings is 1. The van der Waals surface area contributed by atoms with Crippen molar-refractivity contribution in [2.45, 2.75) is 27.3 Å². The lowest BCUT2D eigenvalue weighted by Gasteiger charge is -2.14. The molecule has 0 bridgehead atoms. The van der Waals surface area contributed by atoms with Crippen LogP contribution in [0.4, 0.5) is 0 Å². The maximum absolute atomic E-state index is 12.2. The summed E-state index contributed by atoms with van der Waals surface area (Å²) in [7, 11) is 0. The summed E-state index contributed by atoms with van der Waals surface area (Å²) in [5.74, 6) is 2.18. The monoisotopic (exact) mass is 317 g/mol. The zero-order valence-corrected chi connectivity index (χ0v) is 13.8. The highest BCUT2D eigenvalue weighted by molar-refractivity contribution is 5.94. The number of rotatable bonds is 8. The molecule has 1 aromatic heterocycles. The average molecular weight is 317 g/mol. The van der Waals surface area contributed by atoms with Gasteiger partial charge in [-0.2, -0.15) is 0 Å². The lowest BCUT2D eigenvalue weighted by molar-refractivity contribution is 0.0947. The first-order valence-corrected chi connectivity index (χ1v) is 7.80. The topological polar surface area (TPSA) is 60.7 Å². The molecule has 0 saturated heterocycles. The van der Waals surface area contributed by atoms with Gasteiger partial charge in [0.05, 0.1) is 26.0 Å². The van der Waals surface area contributed by atoms with Gasteiger partial charge in [0.1, 0.15) is 5.76 Å². The van der Waals surface area contributed by atoms with Gasteiger partial charge in [-0.25, -0.2) is 0 Å². The summed E-state index contributed by atoms with van der Waals surface area (Å²) in [6.07, 6.45) is 1.58. The third kappa shape index (κ3) is 5.06. The van der Waals surface area contributed by atoms with Gasteiger partial charge in [-0.3, -0.25) is 4.79 Å². The van der Waals surface area contributed by atoms with Crippen molar-refractivity contribution in [1.82, 2.24) is 5.32 Å². The zero-order chi connectivity index (χ0) is 16.7. The van der Waals surface area contributed by atoms with E-state index in [-0.39, 0.29) is 5.91 Å². The van der Waals surface area contributed by atoms with Crippen LogP contribution < -0.4 is 14.8 Å². The van der Waals surface area contributed by atoms with Gasteiger partial charge in [0.2, 0.25) is 0 Å². The lowest BCUT2D eigenvalue weighted by Crippen LogP contribution is -2.22. The third-order valence-corrected chi connectivity index (χ3v) is 3.08. The summed E-state index contributed by atoms with van der Waals surface area (Å²) in [5.41, 5.74) is 0.525. The van der Waals surface area contributed by atoms with Crippen molar-refractivity contribution in [2.24, 2.45) is 5.92 Å². The number of carbonyl (C=O) groups excluding carboxylic acids is 1. The van der Waals surface area contributed by atoms with E-state index in [9.17, 15) is 4.79 Å². The summed E-state index contributed by atoms with van der Waals surface area (Å²) in [6.45, 7) is 7.52. The Kier molecular flexibility index (Phi) is 6.09. The number of amides is 1. The van der Waals surface area contributed by atoms with E-state index in [0.29, 0.717) is 48.5 Å². The Morgan fingerprint density at radius 2 is 2.04 bits per heavy atom. The molecule has 5 nitrogen and oxygen atoms in total. The molecule has 0 spiro atoms. The Morgan fingerprint density at radius 3 is 2.70 bits per heavy atom. The van der Waals surface area contributed by atoms with E-state index in [1.807, 2.05) is 13.0 Å². The van der Waals surface area contributed by atoms with Crippen LogP contribution in [0.3, 0.4) is 0 Å². The summed E-state index contributed by atoms with van der Waals surface area (Å²) >= 11 is 0. The van der Waals surface area contributed by atoms with Crippen molar-refractivity contribution in [3.8, 4) is 11.5 Å². The van der Waals surface area contributed by atoms with Gasteiger partial charge in [0.25, 0.3) is 5.91 Å². The molecule has 23 heavy (non-hydrogen) atoms. The minimum Gasteiger partial charge on any atom is -0.490 e. The van der Waals surface area contributed by atoms with E-state index < -0.39 is 0 Å². The Balaban J connectivity index is 2.06. The summed E-state index contributed by atoms with van der Waals surface area (Å²) in [5, 5.41) is 2.81. The standard InChI is InChI=1S/C18H23NO4/c1-4-21-17-10-14(7-8-16(17)23-12-13(2)3)18(20)19-11-15-6-5-9-22-15/h5-10,13H,4,11-12H2,1-3H3,(H,19,20). The molecule has 0 unspecified atom stereocenters. The molecule has 2 rings (SSSR count). The molecule has 124 valence electrons. The molecular formula is C18H23NO4. The van der Waals surface area contributed by atoms with Crippen LogP contribution in [-0.4, -0.2) is 19.1 Å². The SMILES string of the molecule is CCOc1cc(C(=O)NCc2ccco2)ccc1OCC(C)C. The molecule has 0 saturated carbocycles. The number of hydrogen-bond acceptors (Lipinski definition) is 4. The van der Waals surface area contributed by atoms with Gasteiger partial charge in [-0.1, -0.05) is 13.8 Å². The average Bonchev–Trinajstić information content (AvgIpc) is 3.05. The maximum atomic E-state index is 12.2. The fourth-order valence-corrected chi connectivity index (χ4v) is 1.98. The van der Waals surface area contributed by atoms with Crippen LogP contribution in [0.25, 0.3) is 0 Å². The molecule has 1 heterocycles. The molecule has 0 radical (unpaired) electrons. The van der Waals surface area contributed by atoms with E-state index in [0.717, 1.165) is 0 Å². The van der Waals surface area contributed by atoms with Crippen LogP contribution in [0.1, 0.15) is 36.9 Å². The first kappa shape index (κ1) is 16.9. The van der Waals surface area contributed by atoms with E-state index in [2.05, 4.69) is 19.2 Å². The van der Waals surface area contributed by atoms with E-state index in [4.69, 9.17) is 13.9 Å². The van der Waals surface area contributed by atoms with Gasteiger partial charge in [-0.05, 0) is 43.2 Å². The molecule has 5 heteroatoms. The highest BCUT2D eigenvalue weighted by atomic mass is 16.5. The first-order valence-electron chi connectivity index (χ1n) is 7.80. The predicted octanol–water partition coefficient (Wildman–Crippen LogP) is 3.64. The highest BCUT2D eigenvalue weighted by Gasteiger charge is 2.12. The quantitative estimate of drug-likeness (QED) is 0.807. The van der Waals surface area contributed by atoms with Crippen molar-refractivity contribution < 1.29 is 18.7 Å². The van der Waals surface area contributed by atoms with Crippen LogP contribution in [0.5, 0.6) is 11.5 Å². The summed E-state index contributed by atoms with van der Waals surface area (Å²) in [6, 6.07) is 8.81. The summed E-state index contributed by atoms with van der Waals surface area (Å²) in [4.78, 5) is 12.2. The third-order valence-electron chi connectivity index (χ3n) is 3.08. The predicted molar refractivity (Wildman–Crippen MR) is 87.8 cm³/mol. The molecule has 2 aromatic rings. The second-order valence-corrected chi connectivity index (χ2v) is 5.56. The molecule has 0 fully saturated rings. The fourth-order valence-electron chi connectivity index (χ4n) is 1.98. The zero-order valence-electron chi connectivity index (χ0n) is 13.8. The minimum absolute atomic E-state index is 0.183. The first-order chi connectivity index (χ1) is 11.1. The molecule has 0 aliphatic heterocycles. The van der Waals surface area contributed by atoms with E-state index in [1.54, 1.807) is 30.5 Å². The number of ether oxygens (including phenoxy) is 2. The Bertz CT molecular complexity index is 620. The largest absolute Gasteiger partial charge is 0.490 e. The number of furan rings is 1. The smallest absolute Gasteiger partial charge is 0.251 e. The second kappa shape index (κ2) is 8.27. The number of hydrogen-bond donors (Lipinski definition) is 1. The molecule has 0 aliphatic rings. The minimum atomic E-state index is -0.183. The normalized spacial score (nSPS) is 10.6. The summed E-state index contributed by atoms with van der Waals surface area (Å²) < 4.78 is 16.5. The van der Waals surface area contributed by atoms with Crippen LogP contribution >= 0.6 is 0 Å². The molecule has 1 N–H and O–H groups in total. The fraction of sp³-hybridized carbons (Fsp3) is 0.389. The lowest BCUT2D eigenvalue weighted by atomic mass is 10.2. The maximum Gasteiger partial charge on any atom is 0.251 e. The van der Waals surface area contributed by atoms with Crippen LogP contribution in [0.15, 0.2) is 41.0 Å². The highest BCUT2D eigenvalue weighted by Crippen LogP contribution is 2.29. The number of carbonyl (C=O) groups is 1. The van der Waals surface area contributed by atoms with Crippen LogP contribution in [0, 0.1) is 5.92 Å². The molecule has 1 amide bonds. The Morgan fingerprint density at radius 1 is 1.22 bits per heavy atom. The van der Waals surface area contributed by atoms with Crippen molar-refractivity contribution in [3.63, 3.8) is 0 Å². The van der Waals surface area contributed by atoms with Gasteiger partial charge in [0.15, 0.2) is 11.5 Å². The van der Waals surface area contributed by atoms with Crippen molar-refractivity contribution in [3.05, 3.63) is 47.9 Å². The number of nitrogens with one attached hydrogen (secondary N) is 1. The van der Waals surface area contributed by atoms with Crippen LogP contribution in [0.2, 0.25) is 0 Å². The Hall–Kier alpha value is -2.43. The molecular weight excluding hydrogens is 294 g/mol. The van der Waals surface area contributed by atoms with Gasteiger partial charge < -0.3 is 19.2 Å². The molecule has 0 atom stereocenters. The van der Waals surface area contributed by atoms with Gasteiger partial charge in [0, 0.05) is 5.56 Å². The molecule has 0 aliphatic carbocycles. The second-order valence-electron chi connectivity index (χ2n) is 5.56. The van der Waals surface area contributed by atoms with E-state index in [1.165, 1.54) is 0 Å². The van der Waals surface area contributed by atoms with Crippen molar-refractivity contribution in [1.29, 1.82) is 0 Å². The van der Waals surface area contributed by atoms with Crippen molar-refractivity contribution >= 4 is 5.91 Å². The Labute approximate surface area is 136 Å². The van der Waals surface area contributed by atoms with Gasteiger partial charge in [-0.15, -0.1) is 0 Å². The van der Waals surface area contributed by atoms with Crippen LogP contribution in [-0.2, 0) is 6.54 Å². The van der Waals surface area contributed by atoms with Gasteiger partial charge >= 0.3 is 0 Å².